The Hall–Kier alpha value is -2.20. The van der Waals surface area contributed by atoms with Gasteiger partial charge in [0.1, 0.15) is 0 Å². The van der Waals surface area contributed by atoms with Crippen molar-refractivity contribution in [1.29, 1.82) is 0 Å². The molecule has 0 spiro atoms. The number of carbonyl (C=O) groups is 1. The molecule has 2 heterocycles. The molecule has 2 aromatic rings. The molecule has 1 saturated heterocycles. The van der Waals surface area contributed by atoms with Crippen LogP contribution in [-0.2, 0) is 0 Å². The van der Waals surface area contributed by atoms with E-state index in [4.69, 9.17) is 0 Å². The number of aliphatic hydroxyl groups excluding tert-OH is 1. The quantitative estimate of drug-likeness (QED) is 0.947. The zero-order chi connectivity index (χ0) is 15.5. The van der Waals surface area contributed by atoms with E-state index in [0.29, 0.717) is 12.1 Å². The van der Waals surface area contributed by atoms with Gasteiger partial charge in [-0.15, -0.1) is 0 Å². The molecule has 4 heteroatoms. The third-order valence-electron chi connectivity index (χ3n) is 4.23. The molecule has 1 aromatic carbocycles. The fourth-order valence-corrected chi connectivity index (χ4v) is 3.00. The van der Waals surface area contributed by atoms with Crippen molar-refractivity contribution >= 4 is 5.91 Å². The molecule has 1 aliphatic rings. The lowest BCUT2D eigenvalue weighted by Crippen LogP contribution is -2.38. The van der Waals surface area contributed by atoms with Crippen molar-refractivity contribution in [3.63, 3.8) is 0 Å². The first-order valence-electron chi connectivity index (χ1n) is 7.65. The van der Waals surface area contributed by atoms with E-state index in [1.807, 2.05) is 49.4 Å². The fraction of sp³-hybridized carbons (Fsp3) is 0.333. The predicted molar refractivity (Wildman–Crippen MR) is 85.6 cm³/mol. The molecule has 22 heavy (non-hydrogen) atoms. The predicted octanol–water partition coefficient (Wildman–Crippen LogP) is 2.65. The summed E-state index contributed by atoms with van der Waals surface area (Å²) in [6.07, 6.45) is 1.82. The van der Waals surface area contributed by atoms with Gasteiger partial charge in [-0.2, -0.15) is 0 Å². The van der Waals surface area contributed by atoms with E-state index in [0.717, 1.165) is 29.8 Å². The SMILES string of the molecule is Cc1nc(-c2ccccc2)ccc1C(=O)N1CCC[C@@H]1CO. The maximum Gasteiger partial charge on any atom is 0.256 e. The molecule has 4 nitrogen and oxygen atoms in total. The second-order valence-corrected chi connectivity index (χ2v) is 5.67. The molecule has 0 bridgehead atoms. The number of likely N-dealkylation sites (tertiary alicyclic amines) is 1. The maximum atomic E-state index is 12.7. The molecular weight excluding hydrogens is 276 g/mol. The normalized spacial score (nSPS) is 17.7. The Labute approximate surface area is 130 Å². The van der Waals surface area contributed by atoms with Gasteiger partial charge >= 0.3 is 0 Å². The van der Waals surface area contributed by atoms with Crippen LogP contribution in [0.25, 0.3) is 11.3 Å². The average Bonchev–Trinajstić information content (AvgIpc) is 3.03. The van der Waals surface area contributed by atoms with E-state index in [1.54, 1.807) is 4.90 Å². The number of aryl methyl sites for hydroxylation is 1. The molecule has 1 amide bonds. The number of hydrogen-bond acceptors (Lipinski definition) is 3. The molecule has 0 radical (unpaired) electrons. The molecule has 1 fully saturated rings. The van der Waals surface area contributed by atoms with Gasteiger partial charge in [0.25, 0.3) is 5.91 Å². The van der Waals surface area contributed by atoms with Crippen molar-refractivity contribution < 1.29 is 9.90 Å². The highest BCUT2D eigenvalue weighted by Gasteiger charge is 2.29. The third kappa shape index (κ3) is 2.74. The lowest BCUT2D eigenvalue weighted by Gasteiger charge is -2.23. The molecule has 1 aromatic heterocycles. The summed E-state index contributed by atoms with van der Waals surface area (Å²) in [7, 11) is 0. The third-order valence-corrected chi connectivity index (χ3v) is 4.23. The number of nitrogens with zero attached hydrogens (tertiary/aromatic N) is 2. The first kappa shape index (κ1) is 14.7. The summed E-state index contributed by atoms with van der Waals surface area (Å²) in [4.78, 5) is 19.0. The summed E-state index contributed by atoms with van der Waals surface area (Å²) in [5.41, 5.74) is 3.27. The zero-order valence-electron chi connectivity index (χ0n) is 12.7. The van der Waals surface area contributed by atoms with E-state index >= 15 is 0 Å². The van der Waals surface area contributed by atoms with Crippen LogP contribution in [0.15, 0.2) is 42.5 Å². The van der Waals surface area contributed by atoms with Crippen molar-refractivity contribution in [2.45, 2.75) is 25.8 Å². The Balaban J connectivity index is 1.88. The van der Waals surface area contributed by atoms with E-state index in [9.17, 15) is 9.90 Å². The van der Waals surface area contributed by atoms with Crippen molar-refractivity contribution in [1.82, 2.24) is 9.88 Å². The minimum absolute atomic E-state index is 0.0267. The van der Waals surface area contributed by atoms with Gasteiger partial charge in [-0.05, 0) is 31.9 Å². The molecule has 1 N–H and O–H groups in total. The second-order valence-electron chi connectivity index (χ2n) is 5.67. The lowest BCUT2D eigenvalue weighted by molar-refractivity contribution is 0.0676. The Kier molecular flexibility index (Phi) is 4.20. The number of pyridine rings is 1. The molecule has 1 aliphatic heterocycles. The average molecular weight is 296 g/mol. The first-order valence-corrected chi connectivity index (χ1v) is 7.65. The number of benzene rings is 1. The van der Waals surface area contributed by atoms with Crippen molar-refractivity contribution in [2.75, 3.05) is 13.2 Å². The molecule has 114 valence electrons. The standard InChI is InChI=1S/C18H20N2O2/c1-13-16(18(22)20-11-5-8-15(20)12-21)9-10-17(19-13)14-6-3-2-4-7-14/h2-4,6-7,9-10,15,21H,5,8,11-12H2,1H3/t15-/m1/s1. The van der Waals surface area contributed by atoms with Crippen LogP contribution < -0.4 is 0 Å². The Morgan fingerprint density at radius 1 is 1.27 bits per heavy atom. The van der Waals surface area contributed by atoms with Gasteiger partial charge < -0.3 is 10.0 Å². The van der Waals surface area contributed by atoms with Gasteiger partial charge in [0.2, 0.25) is 0 Å². The van der Waals surface area contributed by atoms with Crippen LogP contribution >= 0.6 is 0 Å². The summed E-state index contributed by atoms with van der Waals surface area (Å²) in [5.74, 6) is -0.0267. The largest absolute Gasteiger partial charge is 0.394 e. The number of amides is 1. The van der Waals surface area contributed by atoms with Gasteiger partial charge in [0, 0.05) is 12.1 Å². The fourth-order valence-electron chi connectivity index (χ4n) is 3.00. The van der Waals surface area contributed by atoms with Crippen LogP contribution in [0, 0.1) is 6.92 Å². The van der Waals surface area contributed by atoms with E-state index < -0.39 is 0 Å². The maximum absolute atomic E-state index is 12.7. The minimum Gasteiger partial charge on any atom is -0.394 e. The minimum atomic E-state index is -0.0549. The Bertz CT molecular complexity index is 670. The van der Waals surface area contributed by atoms with E-state index in [2.05, 4.69) is 4.98 Å². The van der Waals surface area contributed by atoms with Gasteiger partial charge in [-0.3, -0.25) is 9.78 Å². The monoisotopic (exact) mass is 296 g/mol. The van der Waals surface area contributed by atoms with Crippen LogP contribution in [0.3, 0.4) is 0 Å². The highest BCUT2D eigenvalue weighted by Crippen LogP contribution is 2.23. The first-order chi connectivity index (χ1) is 10.7. The molecular formula is C18H20N2O2. The van der Waals surface area contributed by atoms with Gasteiger partial charge in [0.15, 0.2) is 0 Å². The number of aliphatic hydroxyl groups is 1. The van der Waals surface area contributed by atoms with Crippen molar-refractivity contribution in [3.05, 3.63) is 53.7 Å². The van der Waals surface area contributed by atoms with Crippen LogP contribution in [0.2, 0.25) is 0 Å². The lowest BCUT2D eigenvalue weighted by atomic mass is 10.1. The van der Waals surface area contributed by atoms with Gasteiger partial charge in [0.05, 0.1) is 29.6 Å². The molecule has 1 atom stereocenters. The summed E-state index contributed by atoms with van der Waals surface area (Å²) < 4.78 is 0. The number of carbonyl (C=O) groups excluding carboxylic acids is 1. The van der Waals surface area contributed by atoms with Crippen LogP contribution in [0.5, 0.6) is 0 Å². The smallest absolute Gasteiger partial charge is 0.256 e. The highest BCUT2D eigenvalue weighted by molar-refractivity contribution is 5.96. The number of aromatic nitrogens is 1. The Morgan fingerprint density at radius 2 is 2.05 bits per heavy atom. The molecule has 0 aliphatic carbocycles. The topological polar surface area (TPSA) is 53.4 Å². The Morgan fingerprint density at radius 3 is 2.73 bits per heavy atom. The summed E-state index contributed by atoms with van der Waals surface area (Å²) in [5, 5.41) is 9.38. The van der Waals surface area contributed by atoms with Crippen molar-refractivity contribution in [3.8, 4) is 11.3 Å². The molecule has 0 saturated carbocycles. The summed E-state index contributed by atoms with van der Waals surface area (Å²) in [6.45, 7) is 2.61. The van der Waals surface area contributed by atoms with Crippen molar-refractivity contribution in [2.24, 2.45) is 0 Å². The van der Waals surface area contributed by atoms with E-state index in [1.165, 1.54) is 0 Å². The van der Waals surface area contributed by atoms with Crippen LogP contribution in [0.1, 0.15) is 28.9 Å². The van der Waals surface area contributed by atoms with Gasteiger partial charge in [-0.1, -0.05) is 30.3 Å². The van der Waals surface area contributed by atoms with Crippen LogP contribution in [-0.4, -0.2) is 40.1 Å². The van der Waals surface area contributed by atoms with Gasteiger partial charge in [-0.25, -0.2) is 0 Å². The number of rotatable bonds is 3. The highest BCUT2D eigenvalue weighted by atomic mass is 16.3. The summed E-state index contributed by atoms with van der Waals surface area (Å²) in [6, 6.07) is 13.6. The summed E-state index contributed by atoms with van der Waals surface area (Å²) >= 11 is 0. The zero-order valence-corrected chi connectivity index (χ0v) is 12.7. The second kappa shape index (κ2) is 6.28. The molecule has 0 unspecified atom stereocenters. The van der Waals surface area contributed by atoms with Crippen LogP contribution in [0.4, 0.5) is 0 Å². The van der Waals surface area contributed by atoms with E-state index in [-0.39, 0.29) is 18.6 Å². The number of hydrogen-bond donors (Lipinski definition) is 1. The molecule has 3 rings (SSSR count).